The Labute approximate surface area is 148 Å². The van der Waals surface area contributed by atoms with Gasteiger partial charge in [-0.25, -0.2) is 0 Å². The van der Waals surface area contributed by atoms with Gasteiger partial charge in [0.25, 0.3) is 0 Å². The highest BCUT2D eigenvalue weighted by Gasteiger charge is 2.13. The van der Waals surface area contributed by atoms with E-state index in [9.17, 15) is 4.21 Å². The van der Waals surface area contributed by atoms with E-state index in [0.717, 1.165) is 16.9 Å². The zero-order chi connectivity index (χ0) is 17.6. The molecule has 0 spiro atoms. The number of methoxy groups -OCH3 is 2. The van der Waals surface area contributed by atoms with E-state index >= 15 is 0 Å². The number of hydrogen-bond acceptors (Lipinski definition) is 6. The summed E-state index contributed by atoms with van der Waals surface area (Å²) in [5.74, 6) is 2.85. The van der Waals surface area contributed by atoms with Gasteiger partial charge in [-0.15, -0.1) is 0 Å². The number of hydrogen-bond donors (Lipinski definition) is 0. The average Bonchev–Trinajstić information content (AvgIpc) is 3.10. The predicted molar refractivity (Wildman–Crippen MR) is 94.8 cm³/mol. The first-order chi connectivity index (χ1) is 12.2. The van der Waals surface area contributed by atoms with Crippen molar-refractivity contribution in [1.82, 2.24) is 10.1 Å². The van der Waals surface area contributed by atoms with Crippen LogP contribution < -0.4 is 9.47 Å². The molecule has 3 rings (SSSR count). The van der Waals surface area contributed by atoms with Crippen LogP contribution in [0.2, 0.25) is 0 Å². The lowest BCUT2D eigenvalue weighted by atomic mass is 10.2. The summed E-state index contributed by atoms with van der Waals surface area (Å²) in [5, 5.41) is 3.95. The van der Waals surface area contributed by atoms with Gasteiger partial charge in [0.2, 0.25) is 11.7 Å². The van der Waals surface area contributed by atoms with E-state index in [1.807, 2.05) is 48.5 Å². The van der Waals surface area contributed by atoms with Gasteiger partial charge >= 0.3 is 0 Å². The number of rotatable bonds is 7. The third-order valence-corrected chi connectivity index (χ3v) is 4.77. The molecule has 0 aliphatic carbocycles. The average molecular weight is 358 g/mol. The van der Waals surface area contributed by atoms with Gasteiger partial charge in [0.05, 0.1) is 14.2 Å². The monoisotopic (exact) mass is 358 g/mol. The fourth-order valence-corrected chi connectivity index (χ4v) is 3.38. The minimum Gasteiger partial charge on any atom is -0.497 e. The molecule has 1 atom stereocenters. The lowest BCUT2D eigenvalue weighted by Gasteiger charge is -2.03. The van der Waals surface area contributed by atoms with Crippen molar-refractivity contribution in [1.29, 1.82) is 0 Å². The number of aromatic nitrogens is 2. The zero-order valence-corrected chi connectivity index (χ0v) is 14.8. The van der Waals surface area contributed by atoms with Crippen molar-refractivity contribution in [3.63, 3.8) is 0 Å². The Kier molecular flexibility index (Phi) is 5.45. The van der Waals surface area contributed by atoms with Crippen molar-refractivity contribution < 1.29 is 18.2 Å². The molecular weight excluding hydrogens is 340 g/mol. The van der Waals surface area contributed by atoms with Gasteiger partial charge in [-0.3, -0.25) is 4.21 Å². The van der Waals surface area contributed by atoms with E-state index in [1.54, 1.807) is 14.2 Å². The summed E-state index contributed by atoms with van der Waals surface area (Å²) >= 11 is 0. The molecule has 0 radical (unpaired) electrons. The summed E-state index contributed by atoms with van der Waals surface area (Å²) in [6.45, 7) is 0. The molecule has 0 N–H and O–H groups in total. The predicted octanol–water partition coefficient (Wildman–Crippen LogP) is 3.20. The Morgan fingerprint density at radius 1 is 1.00 bits per heavy atom. The minimum absolute atomic E-state index is 0.203. The highest BCUT2D eigenvalue weighted by Crippen LogP contribution is 2.22. The van der Waals surface area contributed by atoms with Crippen LogP contribution in [0.3, 0.4) is 0 Å². The second kappa shape index (κ2) is 7.94. The molecule has 0 saturated heterocycles. The summed E-state index contributed by atoms with van der Waals surface area (Å²) in [5.41, 5.74) is 1.72. The van der Waals surface area contributed by atoms with Crippen molar-refractivity contribution in [3.8, 4) is 22.9 Å². The lowest BCUT2D eigenvalue weighted by molar-refractivity contribution is 0.390. The first-order valence-electron chi connectivity index (χ1n) is 7.63. The molecule has 2 aromatic carbocycles. The Balaban J connectivity index is 1.67. The van der Waals surface area contributed by atoms with Gasteiger partial charge in [0.1, 0.15) is 17.3 Å². The normalized spacial score (nSPS) is 11.9. The minimum atomic E-state index is -1.16. The molecular formula is C18H18N2O4S. The van der Waals surface area contributed by atoms with Crippen molar-refractivity contribution in [2.45, 2.75) is 11.5 Å². The van der Waals surface area contributed by atoms with Gasteiger partial charge in [0.15, 0.2) is 0 Å². The van der Waals surface area contributed by atoms with Crippen LogP contribution in [-0.2, 0) is 22.3 Å². The van der Waals surface area contributed by atoms with Crippen LogP contribution in [0.4, 0.5) is 0 Å². The highest BCUT2D eigenvalue weighted by molar-refractivity contribution is 7.83. The van der Waals surface area contributed by atoms with Crippen LogP contribution in [0.1, 0.15) is 11.5 Å². The molecule has 0 aliphatic heterocycles. The molecule has 0 saturated carbocycles. The second-order valence-electron chi connectivity index (χ2n) is 5.32. The summed E-state index contributed by atoms with van der Waals surface area (Å²) in [6, 6.07) is 14.9. The lowest BCUT2D eigenvalue weighted by Crippen LogP contribution is -2.00. The maximum atomic E-state index is 12.4. The second-order valence-corrected chi connectivity index (χ2v) is 6.78. The molecule has 3 aromatic rings. The third-order valence-electron chi connectivity index (χ3n) is 3.54. The maximum Gasteiger partial charge on any atom is 0.239 e. The Morgan fingerprint density at radius 2 is 1.72 bits per heavy atom. The van der Waals surface area contributed by atoms with E-state index in [4.69, 9.17) is 14.0 Å². The zero-order valence-electron chi connectivity index (χ0n) is 14.0. The molecule has 6 nitrogen and oxygen atoms in total. The molecule has 1 heterocycles. The Morgan fingerprint density at radius 3 is 2.48 bits per heavy atom. The van der Waals surface area contributed by atoms with Gasteiger partial charge in [-0.1, -0.05) is 29.4 Å². The van der Waals surface area contributed by atoms with Gasteiger partial charge in [0, 0.05) is 22.1 Å². The van der Waals surface area contributed by atoms with Crippen molar-refractivity contribution >= 4 is 10.8 Å². The largest absolute Gasteiger partial charge is 0.497 e. The van der Waals surface area contributed by atoms with Crippen molar-refractivity contribution in [2.75, 3.05) is 14.2 Å². The Hall–Kier alpha value is -2.67. The summed E-state index contributed by atoms with van der Waals surface area (Å²) < 4.78 is 27.9. The topological polar surface area (TPSA) is 74.5 Å². The van der Waals surface area contributed by atoms with Gasteiger partial charge < -0.3 is 14.0 Å². The standard InChI is InChI=1S/C18H18N2O4S/c1-22-15-7-3-5-13(9-15)11-25(21)12-17-19-18(20-24-17)14-6-4-8-16(10-14)23-2/h3-10H,11-12H2,1-2H3. The third kappa shape index (κ3) is 4.45. The smallest absolute Gasteiger partial charge is 0.239 e. The molecule has 0 aliphatic rings. The molecule has 1 aromatic heterocycles. The molecule has 0 bridgehead atoms. The number of benzene rings is 2. The molecule has 130 valence electrons. The van der Waals surface area contributed by atoms with Crippen LogP contribution >= 0.6 is 0 Å². The molecule has 0 fully saturated rings. The van der Waals surface area contributed by atoms with E-state index in [1.165, 1.54) is 0 Å². The molecule has 25 heavy (non-hydrogen) atoms. The van der Waals surface area contributed by atoms with Gasteiger partial charge in [-0.2, -0.15) is 4.98 Å². The first kappa shape index (κ1) is 17.2. The van der Waals surface area contributed by atoms with Crippen molar-refractivity contribution in [3.05, 3.63) is 60.0 Å². The summed E-state index contributed by atoms with van der Waals surface area (Å²) in [6.07, 6.45) is 0. The highest BCUT2D eigenvalue weighted by atomic mass is 32.2. The quantitative estimate of drug-likeness (QED) is 0.646. The van der Waals surface area contributed by atoms with Crippen molar-refractivity contribution in [2.24, 2.45) is 0 Å². The van der Waals surface area contributed by atoms with Crippen LogP contribution in [0, 0.1) is 0 Å². The first-order valence-corrected chi connectivity index (χ1v) is 9.11. The Bertz CT molecular complexity index is 879. The van der Waals surface area contributed by atoms with E-state index in [2.05, 4.69) is 10.1 Å². The van der Waals surface area contributed by atoms with E-state index in [0.29, 0.717) is 23.2 Å². The fourth-order valence-electron chi connectivity index (χ4n) is 2.33. The van der Waals surface area contributed by atoms with Crippen LogP contribution in [0.25, 0.3) is 11.4 Å². The van der Waals surface area contributed by atoms with E-state index < -0.39 is 10.8 Å². The number of ether oxygens (including phenoxy) is 2. The van der Waals surface area contributed by atoms with Crippen LogP contribution in [0.15, 0.2) is 53.1 Å². The summed E-state index contributed by atoms with van der Waals surface area (Å²) in [7, 11) is 2.05. The van der Waals surface area contributed by atoms with Crippen LogP contribution in [-0.4, -0.2) is 28.6 Å². The maximum absolute atomic E-state index is 12.4. The fraction of sp³-hybridized carbons (Fsp3) is 0.222. The van der Waals surface area contributed by atoms with Crippen LogP contribution in [0.5, 0.6) is 11.5 Å². The van der Waals surface area contributed by atoms with E-state index in [-0.39, 0.29) is 5.75 Å². The van der Waals surface area contributed by atoms with Gasteiger partial charge in [-0.05, 0) is 29.8 Å². The molecule has 0 amide bonds. The SMILES string of the molecule is COc1cccc(CS(=O)Cc2nc(-c3cccc(OC)c3)no2)c1. The molecule has 1 unspecified atom stereocenters. The number of nitrogens with zero attached hydrogens (tertiary/aromatic N) is 2. The molecule has 7 heteroatoms. The summed E-state index contributed by atoms with van der Waals surface area (Å²) in [4.78, 5) is 4.32.